The van der Waals surface area contributed by atoms with Crippen LogP contribution >= 0.6 is 0 Å². The second-order valence-corrected chi connectivity index (χ2v) is 4.84. The lowest BCUT2D eigenvalue weighted by atomic mass is 10.0. The molecule has 1 aliphatic heterocycles. The summed E-state index contributed by atoms with van der Waals surface area (Å²) < 4.78 is 5.44. The molecule has 0 aromatic carbocycles. The fraction of sp³-hybridized carbons (Fsp3) is 0.846. The maximum absolute atomic E-state index is 5.44. The third kappa shape index (κ3) is 5.64. The predicted octanol–water partition coefficient (Wildman–Crippen LogP) is 1.65. The number of hydrogen-bond acceptors (Lipinski definition) is 3. The van der Waals surface area contributed by atoms with Gasteiger partial charge in [0.1, 0.15) is 0 Å². The number of hydrogen-bond donors (Lipinski definition) is 1. The van der Waals surface area contributed by atoms with E-state index >= 15 is 0 Å². The van der Waals surface area contributed by atoms with E-state index in [9.17, 15) is 0 Å². The second kappa shape index (κ2) is 7.82. The van der Waals surface area contributed by atoms with E-state index in [-0.39, 0.29) is 0 Å². The lowest BCUT2D eigenvalue weighted by molar-refractivity contribution is 0.148. The van der Waals surface area contributed by atoms with Crippen LogP contribution in [0.5, 0.6) is 0 Å². The summed E-state index contributed by atoms with van der Waals surface area (Å²) in [5.41, 5.74) is 1.09. The van der Waals surface area contributed by atoms with Gasteiger partial charge >= 0.3 is 0 Å². The Kier molecular flexibility index (Phi) is 6.69. The van der Waals surface area contributed by atoms with Gasteiger partial charge in [0, 0.05) is 19.1 Å². The molecular formula is C13H26N2O. The first-order chi connectivity index (χ1) is 7.70. The van der Waals surface area contributed by atoms with Crippen molar-refractivity contribution in [2.75, 3.05) is 39.9 Å². The van der Waals surface area contributed by atoms with Crippen molar-refractivity contribution in [2.45, 2.75) is 32.2 Å². The van der Waals surface area contributed by atoms with Crippen LogP contribution in [0.4, 0.5) is 0 Å². The highest BCUT2D eigenvalue weighted by atomic mass is 16.5. The summed E-state index contributed by atoms with van der Waals surface area (Å²) in [4.78, 5) is 2.46. The predicted molar refractivity (Wildman–Crippen MR) is 68.8 cm³/mol. The van der Waals surface area contributed by atoms with Crippen molar-refractivity contribution in [1.82, 2.24) is 10.2 Å². The average molecular weight is 226 g/mol. The summed E-state index contributed by atoms with van der Waals surface area (Å²) in [6.45, 7) is 10.5. The van der Waals surface area contributed by atoms with Gasteiger partial charge in [-0.3, -0.25) is 0 Å². The molecule has 0 radical (unpaired) electrons. The van der Waals surface area contributed by atoms with Crippen LogP contribution in [-0.4, -0.2) is 50.8 Å². The summed E-state index contributed by atoms with van der Waals surface area (Å²) in [6.07, 6.45) is 4.06. The van der Waals surface area contributed by atoms with E-state index in [4.69, 9.17) is 4.74 Å². The largest absolute Gasteiger partial charge is 0.376 e. The number of likely N-dealkylation sites (N-methyl/N-ethyl adjacent to an activating group) is 1. The molecule has 0 bridgehead atoms. The van der Waals surface area contributed by atoms with E-state index in [1.807, 2.05) is 6.92 Å². The lowest BCUT2D eigenvalue weighted by Gasteiger charge is -2.32. The third-order valence-corrected chi connectivity index (χ3v) is 3.07. The molecule has 1 N–H and O–H groups in total. The summed E-state index contributed by atoms with van der Waals surface area (Å²) in [5.74, 6) is 0. The van der Waals surface area contributed by atoms with Gasteiger partial charge in [-0.05, 0) is 33.4 Å². The van der Waals surface area contributed by atoms with Crippen LogP contribution in [0.1, 0.15) is 26.2 Å². The molecule has 0 aliphatic carbocycles. The Balaban J connectivity index is 1.95. The molecular weight excluding hydrogens is 200 g/mol. The molecule has 1 unspecified atom stereocenters. The van der Waals surface area contributed by atoms with Gasteiger partial charge in [0.2, 0.25) is 0 Å². The topological polar surface area (TPSA) is 24.5 Å². The zero-order valence-electron chi connectivity index (χ0n) is 10.8. The van der Waals surface area contributed by atoms with Crippen molar-refractivity contribution >= 4 is 0 Å². The molecule has 3 heteroatoms. The monoisotopic (exact) mass is 226 g/mol. The molecule has 1 rings (SSSR count). The molecule has 0 spiro atoms. The van der Waals surface area contributed by atoms with E-state index in [0.29, 0.717) is 6.61 Å². The third-order valence-electron chi connectivity index (χ3n) is 3.07. The first-order valence-corrected chi connectivity index (χ1v) is 6.33. The average Bonchev–Trinajstić information content (AvgIpc) is 2.25. The van der Waals surface area contributed by atoms with Crippen LogP contribution in [0.25, 0.3) is 0 Å². The fourth-order valence-corrected chi connectivity index (χ4v) is 2.06. The van der Waals surface area contributed by atoms with Crippen LogP contribution in [0, 0.1) is 0 Å². The Bertz CT molecular complexity index is 206. The van der Waals surface area contributed by atoms with Crippen molar-refractivity contribution < 1.29 is 4.74 Å². The Morgan fingerprint density at radius 3 is 3.00 bits per heavy atom. The summed E-state index contributed by atoms with van der Waals surface area (Å²) in [6, 6.07) is 0.717. The molecule has 3 nitrogen and oxygen atoms in total. The van der Waals surface area contributed by atoms with Gasteiger partial charge in [-0.15, -0.1) is 0 Å². The molecule has 16 heavy (non-hydrogen) atoms. The Morgan fingerprint density at radius 1 is 1.50 bits per heavy atom. The minimum atomic E-state index is 0.686. The zero-order chi connectivity index (χ0) is 11.8. The van der Waals surface area contributed by atoms with Crippen molar-refractivity contribution in [2.24, 2.45) is 0 Å². The maximum atomic E-state index is 5.44. The highest BCUT2D eigenvalue weighted by molar-refractivity contribution is 4.87. The molecule has 1 fully saturated rings. The van der Waals surface area contributed by atoms with Crippen molar-refractivity contribution in [3.05, 3.63) is 12.2 Å². The molecule has 0 aromatic rings. The molecule has 1 aliphatic rings. The van der Waals surface area contributed by atoms with Crippen LogP contribution < -0.4 is 5.32 Å². The highest BCUT2D eigenvalue weighted by Gasteiger charge is 2.17. The molecule has 1 atom stereocenters. The SMILES string of the molecule is C=C(C)COCCNCC1CCCCN1C. The normalized spacial score (nSPS) is 22.2. The molecule has 0 amide bonds. The maximum Gasteiger partial charge on any atom is 0.0672 e. The van der Waals surface area contributed by atoms with Gasteiger partial charge in [0.25, 0.3) is 0 Å². The summed E-state index contributed by atoms with van der Waals surface area (Å²) in [5, 5.41) is 3.46. The van der Waals surface area contributed by atoms with Gasteiger partial charge in [-0.2, -0.15) is 0 Å². The van der Waals surface area contributed by atoms with Gasteiger partial charge in [-0.1, -0.05) is 18.6 Å². The van der Waals surface area contributed by atoms with Crippen LogP contribution in [0.3, 0.4) is 0 Å². The van der Waals surface area contributed by atoms with E-state index in [2.05, 4.69) is 23.8 Å². The Labute approximate surface area is 99.8 Å². The minimum Gasteiger partial charge on any atom is -0.376 e. The van der Waals surface area contributed by atoms with E-state index in [1.54, 1.807) is 0 Å². The van der Waals surface area contributed by atoms with Gasteiger partial charge in [0.05, 0.1) is 13.2 Å². The van der Waals surface area contributed by atoms with Crippen molar-refractivity contribution in [1.29, 1.82) is 0 Å². The smallest absolute Gasteiger partial charge is 0.0672 e. The standard InChI is InChI=1S/C13H26N2O/c1-12(2)11-16-9-7-14-10-13-6-4-5-8-15(13)3/h13-14H,1,4-11H2,2-3H3. The second-order valence-electron chi connectivity index (χ2n) is 4.84. The first-order valence-electron chi connectivity index (χ1n) is 6.33. The molecule has 1 saturated heterocycles. The van der Waals surface area contributed by atoms with Gasteiger partial charge in [-0.25, -0.2) is 0 Å². The van der Waals surface area contributed by atoms with Crippen molar-refractivity contribution in [3.8, 4) is 0 Å². The van der Waals surface area contributed by atoms with Crippen LogP contribution in [0.15, 0.2) is 12.2 Å². The highest BCUT2D eigenvalue weighted by Crippen LogP contribution is 2.13. The number of nitrogens with zero attached hydrogens (tertiary/aromatic N) is 1. The number of rotatable bonds is 7. The number of piperidine rings is 1. The molecule has 94 valence electrons. The zero-order valence-corrected chi connectivity index (χ0v) is 10.8. The van der Waals surface area contributed by atoms with Gasteiger partial charge < -0.3 is 15.0 Å². The van der Waals surface area contributed by atoms with E-state index in [0.717, 1.165) is 31.3 Å². The lowest BCUT2D eigenvalue weighted by Crippen LogP contribution is -2.43. The van der Waals surface area contributed by atoms with Crippen LogP contribution in [0.2, 0.25) is 0 Å². The quantitative estimate of drug-likeness (QED) is 0.528. The molecule has 0 aromatic heterocycles. The molecule has 0 saturated carbocycles. The molecule has 1 heterocycles. The first kappa shape index (κ1) is 13.7. The van der Waals surface area contributed by atoms with Gasteiger partial charge in [0.15, 0.2) is 0 Å². The van der Waals surface area contributed by atoms with Crippen molar-refractivity contribution in [3.63, 3.8) is 0 Å². The summed E-state index contributed by atoms with van der Waals surface area (Å²) >= 11 is 0. The Morgan fingerprint density at radius 2 is 2.31 bits per heavy atom. The van der Waals surface area contributed by atoms with E-state index < -0.39 is 0 Å². The number of likely N-dealkylation sites (tertiary alicyclic amines) is 1. The van der Waals surface area contributed by atoms with E-state index in [1.165, 1.54) is 25.8 Å². The Hall–Kier alpha value is -0.380. The number of ether oxygens (including phenoxy) is 1. The number of nitrogens with one attached hydrogen (secondary N) is 1. The summed E-state index contributed by atoms with van der Waals surface area (Å²) in [7, 11) is 2.23. The van der Waals surface area contributed by atoms with Crippen LogP contribution in [-0.2, 0) is 4.74 Å². The minimum absolute atomic E-state index is 0.686. The fourth-order valence-electron chi connectivity index (χ4n) is 2.06.